The molecule has 0 radical (unpaired) electrons. The van der Waals surface area contributed by atoms with E-state index in [2.05, 4.69) is 62.3 Å². The molecular formula is C17H31NSi2. The second-order valence-electron chi connectivity index (χ2n) is 6.39. The van der Waals surface area contributed by atoms with Gasteiger partial charge in [0.2, 0.25) is 0 Å². The Balaban J connectivity index is 2.54. The zero-order chi connectivity index (χ0) is 14.6. The van der Waals surface area contributed by atoms with E-state index in [-0.39, 0.29) is 0 Å². The molecule has 1 heterocycles. The number of hydrogen-bond acceptors (Lipinski definition) is 1. The summed E-state index contributed by atoms with van der Waals surface area (Å²) in [5.41, 5.74) is 1.55. The van der Waals surface area contributed by atoms with Crippen molar-refractivity contribution in [2.45, 2.75) is 70.4 Å². The zero-order valence-electron chi connectivity index (χ0n) is 13.8. The van der Waals surface area contributed by atoms with Gasteiger partial charge in [0.15, 0.2) is 0 Å². The van der Waals surface area contributed by atoms with Crippen molar-refractivity contribution >= 4 is 22.2 Å². The van der Waals surface area contributed by atoms with Gasteiger partial charge >= 0.3 is 0 Å². The molecule has 3 heteroatoms. The summed E-state index contributed by atoms with van der Waals surface area (Å²) < 4.78 is 3.10. The fraction of sp³-hybridized carbons (Fsp3) is 0.647. The number of benzene rings is 1. The maximum atomic E-state index is 3.10. The quantitative estimate of drug-likeness (QED) is 0.615. The first-order valence-electron chi connectivity index (χ1n) is 8.53. The fourth-order valence-corrected chi connectivity index (χ4v) is 18.6. The van der Waals surface area contributed by atoms with Gasteiger partial charge in [-0.1, -0.05) is 52.3 Å². The van der Waals surface area contributed by atoms with Crippen molar-refractivity contribution in [2.24, 2.45) is 0 Å². The fourth-order valence-electron chi connectivity index (χ4n) is 4.44. The molecule has 0 aliphatic carbocycles. The first-order chi connectivity index (χ1) is 9.68. The summed E-state index contributed by atoms with van der Waals surface area (Å²) in [5.74, 6) is 0. The molecule has 1 aromatic rings. The van der Waals surface area contributed by atoms with Gasteiger partial charge in [-0.2, -0.15) is 0 Å². The van der Waals surface area contributed by atoms with E-state index in [0.29, 0.717) is 0 Å². The second-order valence-corrected chi connectivity index (χ2v) is 16.5. The van der Waals surface area contributed by atoms with Crippen molar-refractivity contribution < 1.29 is 0 Å². The van der Waals surface area contributed by atoms with Gasteiger partial charge in [-0.3, -0.25) is 0 Å². The van der Waals surface area contributed by atoms with E-state index < -0.39 is 16.5 Å². The van der Waals surface area contributed by atoms with E-state index in [1.165, 1.54) is 42.7 Å². The average molecular weight is 306 g/mol. The molecule has 0 saturated carbocycles. The number of hydrogen-bond donors (Lipinski definition) is 0. The lowest BCUT2D eigenvalue weighted by atomic mass is 10.3. The third-order valence-electron chi connectivity index (χ3n) is 5.88. The molecule has 1 aliphatic rings. The maximum absolute atomic E-state index is 3.10. The monoisotopic (exact) mass is 305 g/mol. The second kappa shape index (κ2) is 6.48. The van der Waals surface area contributed by atoms with Crippen LogP contribution < -0.4 is 4.23 Å². The Kier molecular flexibility index (Phi) is 5.13. The standard InChI is InChI=1S/C17H31NSi2/c1-5-19(6-2)15-12-16-20(7-3,8-4)18(19)17-13-10-9-11-14-17/h9-11,13-14H,5-8,12,15-16H2,1-4H3. The number of anilines is 1. The summed E-state index contributed by atoms with van der Waals surface area (Å²) in [5, 5.41) is 0. The van der Waals surface area contributed by atoms with E-state index in [4.69, 9.17) is 0 Å². The lowest BCUT2D eigenvalue weighted by Gasteiger charge is -2.57. The van der Waals surface area contributed by atoms with Crippen LogP contribution in [0.25, 0.3) is 0 Å². The first-order valence-corrected chi connectivity index (χ1v) is 13.7. The zero-order valence-corrected chi connectivity index (χ0v) is 15.8. The van der Waals surface area contributed by atoms with Gasteiger partial charge in [-0.25, -0.2) is 0 Å². The van der Waals surface area contributed by atoms with Crippen molar-refractivity contribution in [3.8, 4) is 0 Å². The summed E-state index contributed by atoms with van der Waals surface area (Å²) in [6.45, 7) is 9.84. The van der Waals surface area contributed by atoms with Crippen LogP contribution in [-0.2, 0) is 0 Å². The molecule has 0 atom stereocenters. The smallest absolute Gasteiger partial charge is 0.147 e. The maximum Gasteiger partial charge on any atom is 0.147 e. The minimum absolute atomic E-state index is 1.28. The molecular weight excluding hydrogens is 274 g/mol. The van der Waals surface area contributed by atoms with Crippen molar-refractivity contribution in [3.63, 3.8) is 0 Å². The molecule has 112 valence electrons. The predicted molar refractivity (Wildman–Crippen MR) is 96.6 cm³/mol. The average Bonchev–Trinajstić information content (AvgIpc) is 2.54. The minimum Gasteiger partial charge on any atom is -0.423 e. The van der Waals surface area contributed by atoms with E-state index in [9.17, 15) is 0 Å². The summed E-state index contributed by atoms with van der Waals surface area (Å²) in [6, 6.07) is 20.1. The van der Waals surface area contributed by atoms with Gasteiger partial charge in [-0.15, -0.1) is 0 Å². The third kappa shape index (κ3) is 2.50. The number of rotatable bonds is 5. The van der Waals surface area contributed by atoms with Gasteiger partial charge < -0.3 is 4.23 Å². The van der Waals surface area contributed by atoms with Crippen LogP contribution in [0.1, 0.15) is 34.1 Å². The first kappa shape index (κ1) is 15.8. The lowest BCUT2D eigenvalue weighted by Crippen LogP contribution is -2.69. The van der Waals surface area contributed by atoms with Crippen LogP contribution in [-0.4, -0.2) is 16.5 Å². The molecule has 1 saturated heterocycles. The molecule has 0 spiro atoms. The van der Waals surface area contributed by atoms with Gasteiger partial charge in [0.1, 0.15) is 16.5 Å². The highest BCUT2D eigenvalue weighted by Gasteiger charge is 2.50. The predicted octanol–water partition coefficient (Wildman–Crippen LogP) is 5.87. The Morgan fingerprint density at radius 2 is 1.25 bits per heavy atom. The summed E-state index contributed by atoms with van der Waals surface area (Å²) >= 11 is 0. The van der Waals surface area contributed by atoms with Gasteiger partial charge in [-0.05, 0) is 48.4 Å². The molecule has 20 heavy (non-hydrogen) atoms. The van der Waals surface area contributed by atoms with Crippen molar-refractivity contribution in [2.75, 3.05) is 4.23 Å². The minimum atomic E-state index is -1.28. The van der Waals surface area contributed by atoms with E-state index in [0.717, 1.165) is 0 Å². The summed E-state index contributed by atoms with van der Waals surface area (Å²) in [7, 11) is -2.57. The Morgan fingerprint density at radius 1 is 0.800 bits per heavy atom. The van der Waals surface area contributed by atoms with Crippen molar-refractivity contribution in [1.29, 1.82) is 0 Å². The molecule has 1 nitrogen and oxygen atoms in total. The molecule has 1 aliphatic heterocycles. The topological polar surface area (TPSA) is 3.24 Å². The molecule has 0 bridgehead atoms. The molecule has 0 aromatic heterocycles. The Morgan fingerprint density at radius 3 is 1.65 bits per heavy atom. The number of para-hydroxylation sites is 1. The van der Waals surface area contributed by atoms with E-state index >= 15 is 0 Å². The molecule has 1 aromatic carbocycles. The van der Waals surface area contributed by atoms with Crippen LogP contribution in [0.15, 0.2) is 30.3 Å². The summed E-state index contributed by atoms with van der Waals surface area (Å²) in [6.07, 6.45) is 1.51. The van der Waals surface area contributed by atoms with Crippen LogP contribution in [0.4, 0.5) is 5.69 Å². The van der Waals surface area contributed by atoms with Crippen LogP contribution in [0, 0.1) is 0 Å². The highest BCUT2D eigenvalue weighted by atomic mass is 28.4. The van der Waals surface area contributed by atoms with E-state index in [1.54, 1.807) is 5.69 Å². The Bertz CT molecular complexity index is 390. The Labute approximate surface area is 127 Å². The SMILES string of the molecule is CC[Si]1(CC)CCC[Si](CC)(CC)N1c1ccccc1. The highest BCUT2D eigenvalue weighted by Crippen LogP contribution is 2.45. The number of nitrogens with zero attached hydrogens (tertiary/aromatic N) is 1. The van der Waals surface area contributed by atoms with Gasteiger partial charge in [0, 0.05) is 5.69 Å². The van der Waals surface area contributed by atoms with Crippen LogP contribution in [0.3, 0.4) is 0 Å². The molecule has 1 fully saturated rings. The van der Waals surface area contributed by atoms with Crippen LogP contribution in [0.5, 0.6) is 0 Å². The van der Waals surface area contributed by atoms with Gasteiger partial charge in [0.25, 0.3) is 0 Å². The molecule has 0 N–H and O–H groups in total. The highest BCUT2D eigenvalue weighted by molar-refractivity contribution is 7.03. The molecule has 0 amide bonds. The molecule has 2 rings (SSSR count). The van der Waals surface area contributed by atoms with Crippen LogP contribution >= 0.6 is 0 Å². The normalized spacial score (nSPS) is 20.9. The van der Waals surface area contributed by atoms with Gasteiger partial charge in [0.05, 0.1) is 0 Å². The van der Waals surface area contributed by atoms with Crippen molar-refractivity contribution in [1.82, 2.24) is 0 Å². The van der Waals surface area contributed by atoms with Crippen LogP contribution in [0.2, 0.25) is 36.3 Å². The Hall–Kier alpha value is -0.546. The largest absolute Gasteiger partial charge is 0.423 e. The molecule has 0 unspecified atom stereocenters. The lowest BCUT2D eigenvalue weighted by molar-refractivity contribution is 0.901. The van der Waals surface area contributed by atoms with E-state index in [1.807, 2.05) is 0 Å². The third-order valence-corrected chi connectivity index (χ3v) is 19.0. The summed E-state index contributed by atoms with van der Waals surface area (Å²) in [4.78, 5) is 0. The van der Waals surface area contributed by atoms with Crippen molar-refractivity contribution in [3.05, 3.63) is 30.3 Å².